The maximum atomic E-state index is 12.4. The standard InChI is InChI=1S/C17H16N2O2/c20-17(15-10-11-4-1-2-5-13(11)18-15)19-14-6-3-7-16-12(14)8-9-21-16/h1-2,4-5,8-10,14,18H,3,6-7H2,(H,19,20). The van der Waals surface area contributed by atoms with Crippen LogP contribution in [0.25, 0.3) is 10.9 Å². The number of hydrogen-bond donors (Lipinski definition) is 2. The van der Waals surface area contributed by atoms with E-state index in [0.717, 1.165) is 41.5 Å². The summed E-state index contributed by atoms with van der Waals surface area (Å²) in [7, 11) is 0. The molecule has 0 saturated heterocycles. The summed E-state index contributed by atoms with van der Waals surface area (Å²) in [6, 6.07) is 11.8. The van der Waals surface area contributed by atoms with E-state index in [4.69, 9.17) is 4.42 Å². The zero-order valence-corrected chi connectivity index (χ0v) is 11.6. The second-order valence-electron chi connectivity index (χ2n) is 5.49. The number of carbonyl (C=O) groups excluding carboxylic acids is 1. The van der Waals surface area contributed by atoms with Crippen LogP contribution >= 0.6 is 0 Å². The van der Waals surface area contributed by atoms with Crippen LogP contribution in [0.15, 0.2) is 47.1 Å². The lowest BCUT2D eigenvalue weighted by molar-refractivity contribution is 0.0928. The van der Waals surface area contributed by atoms with Gasteiger partial charge in [-0.25, -0.2) is 0 Å². The van der Waals surface area contributed by atoms with Crippen molar-refractivity contribution in [2.75, 3.05) is 0 Å². The van der Waals surface area contributed by atoms with Crippen LogP contribution in [0, 0.1) is 0 Å². The molecule has 0 saturated carbocycles. The van der Waals surface area contributed by atoms with Gasteiger partial charge in [-0.15, -0.1) is 0 Å². The number of fused-ring (bicyclic) bond motifs is 2. The summed E-state index contributed by atoms with van der Waals surface area (Å²) in [5, 5.41) is 4.16. The van der Waals surface area contributed by atoms with Crippen LogP contribution in [-0.4, -0.2) is 10.9 Å². The summed E-state index contributed by atoms with van der Waals surface area (Å²) in [6.45, 7) is 0. The fourth-order valence-electron chi connectivity index (χ4n) is 3.07. The Hall–Kier alpha value is -2.49. The van der Waals surface area contributed by atoms with Gasteiger partial charge in [0.1, 0.15) is 11.5 Å². The van der Waals surface area contributed by atoms with Crippen molar-refractivity contribution in [1.29, 1.82) is 0 Å². The predicted octanol–water partition coefficient (Wildman–Crippen LogP) is 3.57. The third-order valence-corrected chi connectivity index (χ3v) is 4.13. The van der Waals surface area contributed by atoms with E-state index in [1.807, 2.05) is 36.4 Å². The van der Waals surface area contributed by atoms with Gasteiger partial charge in [0, 0.05) is 22.9 Å². The predicted molar refractivity (Wildman–Crippen MR) is 80.2 cm³/mol. The summed E-state index contributed by atoms with van der Waals surface area (Å²) < 4.78 is 5.46. The van der Waals surface area contributed by atoms with Gasteiger partial charge in [-0.1, -0.05) is 18.2 Å². The Morgan fingerprint density at radius 3 is 3.10 bits per heavy atom. The van der Waals surface area contributed by atoms with Gasteiger partial charge in [0.25, 0.3) is 5.91 Å². The number of benzene rings is 1. The minimum Gasteiger partial charge on any atom is -0.469 e. The minimum atomic E-state index is -0.0646. The maximum Gasteiger partial charge on any atom is 0.268 e. The lowest BCUT2D eigenvalue weighted by Crippen LogP contribution is -2.30. The van der Waals surface area contributed by atoms with Crippen LogP contribution in [0.3, 0.4) is 0 Å². The summed E-state index contributed by atoms with van der Waals surface area (Å²) >= 11 is 0. The molecule has 1 unspecified atom stereocenters. The normalized spacial score (nSPS) is 17.6. The lowest BCUT2D eigenvalue weighted by Gasteiger charge is -2.22. The van der Waals surface area contributed by atoms with Crippen LogP contribution in [0.4, 0.5) is 0 Å². The monoisotopic (exact) mass is 280 g/mol. The Balaban J connectivity index is 1.59. The van der Waals surface area contributed by atoms with Crippen molar-refractivity contribution in [1.82, 2.24) is 10.3 Å². The molecule has 0 bridgehead atoms. The number of furan rings is 1. The van der Waals surface area contributed by atoms with Crippen LogP contribution < -0.4 is 5.32 Å². The molecule has 4 heteroatoms. The molecule has 0 radical (unpaired) electrons. The van der Waals surface area contributed by atoms with Gasteiger partial charge in [-0.05, 0) is 31.0 Å². The zero-order valence-electron chi connectivity index (χ0n) is 11.6. The topological polar surface area (TPSA) is 58.0 Å². The number of aromatic amines is 1. The Labute approximate surface area is 122 Å². The van der Waals surface area contributed by atoms with Gasteiger partial charge >= 0.3 is 0 Å². The number of rotatable bonds is 2. The first-order valence-electron chi connectivity index (χ1n) is 7.26. The van der Waals surface area contributed by atoms with Gasteiger partial charge in [-0.2, -0.15) is 0 Å². The van der Waals surface area contributed by atoms with E-state index in [1.54, 1.807) is 6.26 Å². The largest absolute Gasteiger partial charge is 0.469 e. The van der Waals surface area contributed by atoms with Gasteiger partial charge in [0.05, 0.1) is 12.3 Å². The van der Waals surface area contributed by atoms with E-state index in [1.165, 1.54) is 0 Å². The van der Waals surface area contributed by atoms with Crippen LogP contribution in [-0.2, 0) is 6.42 Å². The molecule has 1 amide bonds. The van der Waals surface area contributed by atoms with Gasteiger partial charge < -0.3 is 14.7 Å². The molecule has 2 heterocycles. The number of aromatic nitrogens is 1. The molecule has 4 rings (SSSR count). The minimum absolute atomic E-state index is 0.0476. The van der Waals surface area contributed by atoms with E-state index >= 15 is 0 Å². The average molecular weight is 280 g/mol. The van der Waals surface area contributed by atoms with Crippen molar-refractivity contribution >= 4 is 16.8 Å². The first kappa shape index (κ1) is 12.3. The molecule has 0 fully saturated rings. The average Bonchev–Trinajstić information content (AvgIpc) is 3.14. The second kappa shape index (κ2) is 4.81. The number of nitrogens with one attached hydrogen (secondary N) is 2. The summed E-state index contributed by atoms with van der Waals surface area (Å²) in [5.41, 5.74) is 2.70. The molecule has 0 spiro atoms. The highest BCUT2D eigenvalue weighted by atomic mass is 16.3. The first-order chi connectivity index (χ1) is 10.3. The molecule has 3 aromatic rings. The number of hydrogen-bond acceptors (Lipinski definition) is 2. The highest BCUT2D eigenvalue weighted by molar-refractivity contribution is 5.98. The van der Waals surface area contributed by atoms with Crippen molar-refractivity contribution < 1.29 is 9.21 Å². The lowest BCUT2D eigenvalue weighted by atomic mass is 9.93. The van der Waals surface area contributed by atoms with Crippen molar-refractivity contribution in [3.05, 3.63) is 59.7 Å². The van der Waals surface area contributed by atoms with E-state index in [9.17, 15) is 4.79 Å². The SMILES string of the molecule is O=C(NC1CCCc2occc21)c1cc2ccccc2[nH]1. The fourth-order valence-corrected chi connectivity index (χ4v) is 3.07. The third-order valence-electron chi connectivity index (χ3n) is 4.13. The number of amides is 1. The second-order valence-corrected chi connectivity index (χ2v) is 5.49. The smallest absolute Gasteiger partial charge is 0.268 e. The molecular weight excluding hydrogens is 264 g/mol. The molecule has 1 aromatic carbocycles. The molecule has 4 nitrogen and oxygen atoms in total. The third kappa shape index (κ3) is 2.13. The van der Waals surface area contributed by atoms with E-state index < -0.39 is 0 Å². The van der Waals surface area contributed by atoms with E-state index in [-0.39, 0.29) is 11.9 Å². The number of aryl methyl sites for hydroxylation is 1. The first-order valence-corrected chi connectivity index (χ1v) is 7.26. The maximum absolute atomic E-state index is 12.4. The summed E-state index contributed by atoms with van der Waals surface area (Å²) in [5.74, 6) is 0.938. The molecule has 1 atom stereocenters. The van der Waals surface area contributed by atoms with Crippen LogP contribution in [0.1, 0.15) is 40.7 Å². The molecule has 106 valence electrons. The molecule has 1 aliphatic rings. The summed E-state index contributed by atoms with van der Waals surface area (Å²) in [4.78, 5) is 15.6. The fraction of sp³-hybridized carbons (Fsp3) is 0.235. The van der Waals surface area contributed by atoms with Crippen molar-refractivity contribution in [3.63, 3.8) is 0 Å². The van der Waals surface area contributed by atoms with Gasteiger partial charge in [0.15, 0.2) is 0 Å². The Kier molecular flexibility index (Phi) is 2.81. The number of H-pyrrole nitrogens is 1. The van der Waals surface area contributed by atoms with Crippen molar-refractivity contribution in [2.45, 2.75) is 25.3 Å². The van der Waals surface area contributed by atoms with Crippen LogP contribution in [0.5, 0.6) is 0 Å². The Morgan fingerprint density at radius 1 is 1.29 bits per heavy atom. The van der Waals surface area contributed by atoms with Crippen molar-refractivity contribution in [2.24, 2.45) is 0 Å². The van der Waals surface area contributed by atoms with Gasteiger partial charge in [0.2, 0.25) is 0 Å². The van der Waals surface area contributed by atoms with Gasteiger partial charge in [-0.3, -0.25) is 4.79 Å². The molecule has 2 aromatic heterocycles. The molecular formula is C17H16N2O2. The number of para-hydroxylation sites is 1. The van der Waals surface area contributed by atoms with E-state index in [2.05, 4.69) is 10.3 Å². The number of carbonyl (C=O) groups is 1. The molecule has 2 N–H and O–H groups in total. The highest BCUT2D eigenvalue weighted by Crippen LogP contribution is 2.30. The molecule has 1 aliphatic carbocycles. The zero-order chi connectivity index (χ0) is 14.2. The molecule has 0 aliphatic heterocycles. The van der Waals surface area contributed by atoms with E-state index in [0.29, 0.717) is 5.69 Å². The Morgan fingerprint density at radius 2 is 2.19 bits per heavy atom. The summed E-state index contributed by atoms with van der Waals surface area (Å²) in [6.07, 6.45) is 4.66. The quantitative estimate of drug-likeness (QED) is 0.754. The molecule has 21 heavy (non-hydrogen) atoms. The van der Waals surface area contributed by atoms with Crippen molar-refractivity contribution in [3.8, 4) is 0 Å². The van der Waals surface area contributed by atoms with Crippen LogP contribution in [0.2, 0.25) is 0 Å². The Bertz CT molecular complexity index is 767. The highest BCUT2D eigenvalue weighted by Gasteiger charge is 2.24.